The van der Waals surface area contributed by atoms with Gasteiger partial charge >= 0.3 is 6.09 Å². The molecule has 0 heterocycles. The molecule has 0 unspecified atom stereocenters. The minimum atomic E-state index is -0.459. The van der Waals surface area contributed by atoms with Crippen molar-refractivity contribution in [3.63, 3.8) is 0 Å². The highest BCUT2D eigenvalue weighted by Crippen LogP contribution is 1.89. The van der Waals surface area contributed by atoms with Gasteiger partial charge in [-0.25, -0.2) is 4.79 Å². The number of alkyl halides is 1. The van der Waals surface area contributed by atoms with Crippen LogP contribution in [0.25, 0.3) is 0 Å². The average molecular weight is 182 g/mol. The first-order valence-electron chi connectivity index (χ1n) is 3.27. The molecule has 1 amide bonds. The van der Waals surface area contributed by atoms with Gasteiger partial charge in [-0.2, -0.15) is 0 Å². The molecule has 0 aliphatic rings. The van der Waals surface area contributed by atoms with Gasteiger partial charge in [0.25, 0.3) is 0 Å². The number of ether oxygens (including phenoxy) is 1. The van der Waals surface area contributed by atoms with Gasteiger partial charge in [-0.1, -0.05) is 0 Å². The maximum absolute atomic E-state index is 10.8. The Morgan fingerprint density at radius 2 is 2.36 bits per heavy atom. The molecule has 66 valence electrons. The Kier molecular flexibility index (Phi) is 5.97. The van der Waals surface area contributed by atoms with Crippen molar-refractivity contribution in [1.82, 2.24) is 4.90 Å². The van der Waals surface area contributed by atoms with Crippen molar-refractivity contribution in [2.24, 2.45) is 0 Å². The number of amides is 1. The Hall–Kier alpha value is -0.480. The second-order valence-electron chi connectivity index (χ2n) is 1.95. The van der Waals surface area contributed by atoms with Crippen LogP contribution in [0.2, 0.25) is 0 Å². The van der Waals surface area contributed by atoms with Crippen LogP contribution >= 0.6 is 11.6 Å². The standard InChI is InChI=1S/C6H12ClNO3/c1-8(3-4-9)6(10)11-5-2-7/h9H,2-5H2,1H3. The van der Waals surface area contributed by atoms with Gasteiger partial charge in [-0.15, -0.1) is 11.6 Å². The summed E-state index contributed by atoms with van der Waals surface area (Å²) in [6, 6.07) is 0. The van der Waals surface area contributed by atoms with Crippen LogP contribution in [0.3, 0.4) is 0 Å². The molecule has 0 radical (unpaired) electrons. The van der Waals surface area contributed by atoms with E-state index in [1.54, 1.807) is 7.05 Å². The predicted molar refractivity (Wildman–Crippen MR) is 41.8 cm³/mol. The number of carbonyl (C=O) groups is 1. The monoisotopic (exact) mass is 181 g/mol. The number of likely N-dealkylation sites (N-methyl/N-ethyl adjacent to an activating group) is 1. The summed E-state index contributed by atoms with van der Waals surface area (Å²) in [4.78, 5) is 12.1. The SMILES string of the molecule is CN(CCO)C(=O)OCCCl. The molecule has 0 aromatic heterocycles. The molecule has 0 aliphatic carbocycles. The third-order valence-corrected chi connectivity index (χ3v) is 1.20. The van der Waals surface area contributed by atoms with E-state index in [2.05, 4.69) is 4.74 Å². The van der Waals surface area contributed by atoms with Crippen LogP contribution in [0, 0.1) is 0 Å². The number of hydrogen-bond donors (Lipinski definition) is 1. The van der Waals surface area contributed by atoms with E-state index in [0.717, 1.165) is 0 Å². The zero-order valence-electron chi connectivity index (χ0n) is 6.42. The smallest absolute Gasteiger partial charge is 0.409 e. The zero-order valence-corrected chi connectivity index (χ0v) is 7.17. The summed E-state index contributed by atoms with van der Waals surface area (Å²) in [7, 11) is 1.55. The second kappa shape index (κ2) is 6.24. The average Bonchev–Trinajstić information content (AvgIpc) is 2.00. The molecule has 5 heteroatoms. The first kappa shape index (κ1) is 10.5. The van der Waals surface area contributed by atoms with Gasteiger partial charge in [0.05, 0.1) is 12.5 Å². The Morgan fingerprint density at radius 1 is 1.73 bits per heavy atom. The fraction of sp³-hybridized carbons (Fsp3) is 0.833. The fourth-order valence-electron chi connectivity index (χ4n) is 0.477. The lowest BCUT2D eigenvalue weighted by Crippen LogP contribution is -2.30. The molecule has 0 spiro atoms. The van der Waals surface area contributed by atoms with Gasteiger partial charge in [0, 0.05) is 13.6 Å². The van der Waals surface area contributed by atoms with E-state index >= 15 is 0 Å². The number of hydrogen-bond acceptors (Lipinski definition) is 3. The number of rotatable bonds is 4. The van der Waals surface area contributed by atoms with E-state index in [1.165, 1.54) is 4.90 Å². The Balaban J connectivity index is 3.47. The highest BCUT2D eigenvalue weighted by Gasteiger charge is 2.07. The number of halogens is 1. The topological polar surface area (TPSA) is 49.8 Å². The van der Waals surface area contributed by atoms with E-state index in [1.807, 2.05) is 0 Å². The van der Waals surface area contributed by atoms with E-state index in [0.29, 0.717) is 5.88 Å². The largest absolute Gasteiger partial charge is 0.448 e. The van der Waals surface area contributed by atoms with E-state index < -0.39 is 6.09 Å². The maximum atomic E-state index is 10.8. The lowest BCUT2D eigenvalue weighted by atomic mass is 10.6. The summed E-state index contributed by atoms with van der Waals surface area (Å²) < 4.78 is 4.65. The zero-order chi connectivity index (χ0) is 8.69. The van der Waals surface area contributed by atoms with Gasteiger partial charge < -0.3 is 14.7 Å². The summed E-state index contributed by atoms with van der Waals surface area (Å²) in [5.74, 6) is 0.290. The van der Waals surface area contributed by atoms with E-state index in [9.17, 15) is 4.79 Å². The van der Waals surface area contributed by atoms with E-state index in [4.69, 9.17) is 16.7 Å². The Morgan fingerprint density at radius 3 is 2.82 bits per heavy atom. The first-order chi connectivity index (χ1) is 5.22. The lowest BCUT2D eigenvalue weighted by Gasteiger charge is -2.14. The molecule has 0 saturated heterocycles. The van der Waals surface area contributed by atoms with Gasteiger partial charge in [0.1, 0.15) is 6.61 Å². The summed E-state index contributed by atoms with van der Waals surface area (Å²) in [6.07, 6.45) is -0.459. The minimum Gasteiger partial charge on any atom is -0.448 e. The van der Waals surface area contributed by atoms with Crippen molar-refractivity contribution in [3.8, 4) is 0 Å². The quantitative estimate of drug-likeness (QED) is 0.635. The van der Waals surface area contributed by atoms with Crippen LogP contribution in [0.1, 0.15) is 0 Å². The molecule has 0 fully saturated rings. The first-order valence-corrected chi connectivity index (χ1v) is 3.80. The van der Waals surface area contributed by atoms with Crippen molar-refractivity contribution in [3.05, 3.63) is 0 Å². The van der Waals surface area contributed by atoms with Crippen LogP contribution in [-0.4, -0.2) is 48.8 Å². The van der Waals surface area contributed by atoms with Crippen molar-refractivity contribution < 1.29 is 14.6 Å². The Bertz CT molecular complexity index is 120. The van der Waals surface area contributed by atoms with Crippen molar-refractivity contribution >= 4 is 17.7 Å². The van der Waals surface area contributed by atoms with Crippen molar-refractivity contribution in [2.75, 3.05) is 32.7 Å². The highest BCUT2D eigenvalue weighted by molar-refractivity contribution is 6.18. The summed E-state index contributed by atoms with van der Waals surface area (Å²) in [5.41, 5.74) is 0. The molecule has 4 nitrogen and oxygen atoms in total. The van der Waals surface area contributed by atoms with Gasteiger partial charge in [-0.05, 0) is 0 Å². The molecule has 0 atom stereocenters. The molecule has 0 aromatic carbocycles. The second-order valence-corrected chi connectivity index (χ2v) is 2.33. The molecule has 0 saturated carbocycles. The fourth-order valence-corrected chi connectivity index (χ4v) is 0.555. The normalized spacial score (nSPS) is 9.36. The molecule has 1 N–H and O–H groups in total. The number of carbonyl (C=O) groups excluding carboxylic acids is 1. The summed E-state index contributed by atoms with van der Waals surface area (Å²) >= 11 is 5.28. The molecule has 0 rings (SSSR count). The van der Waals surface area contributed by atoms with Gasteiger partial charge in [-0.3, -0.25) is 0 Å². The van der Waals surface area contributed by atoms with E-state index in [-0.39, 0.29) is 19.8 Å². The molecule has 0 aliphatic heterocycles. The third kappa shape index (κ3) is 4.86. The minimum absolute atomic E-state index is 0.0630. The molecule has 0 aromatic rings. The lowest BCUT2D eigenvalue weighted by molar-refractivity contribution is 0.109. The molecular formula is C6H12ClNO3. The Labute approximate surface area is 70.7 Å². The number of nitrogens with zero attached hydrogens (tertiary/aromatic N) is 1. The molecule has 11 heavy (non-hydrogen) atoms. The predicted octanol–water partition coefficient (Wildman–Crippen LogP) is 0.286. The third-order valence-electron chi connectivity index (χ3n) is 1.05. The molecule has 0 bridgehead atoms. The van der Waals surface area contributed by atoms with Crippen LogP contribution in [0.4, 0.5) is 4.79 Å². The van der Waals surface area contributed by atoms with Crippen LogP contribution in [0.5, 0.6) is 0 Å². The summed E-state index contributed by atoms with van der Waals surface area (Å²) in [5, 5.41) is 8.44. The van der Waals surface area contributed by atoms with Crippen molar-refractivity contribution in [1.29, 1.82) is 0 Å². The highest BCUT2D eigenvalue weighted by atomic mass is 35.5. The van der Waals surface area contributed by atoms with Crippen molar-refractivity contribution in [2.45, 2.75) is 0 Å². The van der Waals surface area contributed by atoms with Crippen LogP contribution in [-0.2, 0) is 4.74 Å². The van der Waals surface area contributed by atoms with Crippen LogP contribution < -0.4 is 0 Å². The maximum Gasteiger partial charge on any atom is 0.409 e. The number of aliphatic hydroxyl groups excluding tert-OH is 1. The van der Waals surface area contributed by atoms with Gasteiger partial charge in [0.15, 0.2) is 0 Å². The summed E-state index contributed by atoms with van der Waals surface area (Å²) in [6.45, 7) is 0.420. The number of aliphatic hydroxyl groups is 1. The van der Waals surface area contributed by atoms with Crippen LogP contribution in [0.15, 0.2) is 0 Å². The van der Waals surface area contributed by atoms with Gasteiger partial charge in [0.2, 0.25) is 0 Å². The molecular weight excluding hydrogens is 170 g/mol.